The van der Waals surface area contributed by atoms with E-state index in [-0.39, 0.29) is 12.2 Å². The van der Waals surface area contributed by atoms with Gasteiger partial charge in [-0.25, -0.2) is 0 Å². The van der Waals surface area contributed by atoms with Crippen LogP contribution in [0.3, 0.4) is 0 Å². The topological polar surface area (TPSA) is 36.9 Å². The highest BCUT2D eigenvalue weighted by molar-refractivity contribution is 5.34. The Labute approximate surface area is 122 Å². The van der Waals surface area contributed by atoms with E-state index in [1.807, 2.05) is 0 Å². The summed E-state index contributed by atoms with van der Waals surface area (Å²) in [5, 5.41) is 0. The fourth-order valence-electron chi connectivity index (χ4n) is 1.84. The first-order chi connectivity index (χ1) is 9.49. The average molecular weight is 282 g/mol. The molecule has 0 saturated heterocycles. The van der Waals surface area contributed by atoms with E-state index in [0.29, 0.717) is 20.0 Å². The standard InChI is InChI=1S/C16H26O4/c1-16(2,3)15-7-6-13(9-19-11-17-4)14(8-15)10-20-12-18-5/h6-8H,9-12H2,1-5H3. The van der Waals surface area contributed by atoms with Gasteiger partial charge in [-0.2, -0.15) is 0 Å². The summed E-state index contributed by atoms with van der Waals surface area (Å²) in [6.07, 6.45) is 0. The highest BCUT2D eigenvalue weighted by Gasteiger charge is 2.15. The molecule has 0 aliphatic carbocycles. The van der Waals surface area contributed by atoms with Crippen LogP contribution in [-0.2, 0) is 37.6 Å². The SMILES string of the molecule is COCOCc1ccc(C(C)(C)C)cc1COCOC. The minimum atomic E-state index is 0.113. The first-order valence-corrected chi connectivity index (χ1v) is 6.74. The van der Waals surface area contributed by atoms with Crippen molar-refractivity contribution < 1.29 is 18.9 Å². The maximum atomic E-state index is 5.47. The number of benzene rings is 1. The fourth-order valence-corrected chi connectivity index (χ4v) is 1.84. The first kappa shape index (κ1) is 17.1. The molecule has 0 unspecified atom stereocenters. The molecule has 0 spiro atoms. The van der Waals surface area contributed by atoms with Crippen molar-refractivity contribution in [1.29, 1.82) is 0 Å². The second-order valence-corrected chi connectivity index (χ2v) is 5.74. The smallest absolute Gasteiger partial charge is 0.146 e. The van der Waals surface area contributed by atoms with Crippen LogP contribution in [0.15, 0.2) is 18.2 Å². The first-order valence-electron chi connectivity index (χ1n) is 6.74. The molecule has 0 radical (unpaired) electrons. The molecule has 0 bridgehead atoms. The third-order valence-electron chi connectivity index (χ3n) is 2.99. The van der Waals surface area contributed by atoms with E-state index in [2.05, 4.69) is 39.0 Å². The molecule has 1 aromatic carbocycles. The van der Waals surface area contributed by atoms with Crippen LogP contribution in [0, 0.1) is 0 Å². The third kappa shape index (κ3) is 5.59. The second kappa shape index (κ2) is 8.37. The molecule has 1 rings (SSSR count). The van der Waals surface area contributed by atoms with Crippen LogP contribution in [0.25, 0.3) is 0 Å². The van der Waals surface area contributed by atoms with Crippen molar-refractivity contribution >= 4 is 0 Å². The van der Waals surface area contributed by atoms with Gasteiger partial charge < -0.3 is 18.9 Å². The van der Waals surface area contributed by atoms with Crippen molar-refractivity contribution in [2.45, 2.75) is 39.4 Å². The van der Waals surface area contributed by atoms with Crippen LogP contribution in [0.2, 0.25) is 0 Å². The largest absolute Gasteiger partial charge is 0.359 e. The molecule has 0 amide bonds. The van der Waals surface area contributed by atoms with Crippen LogP contribution < -0.4 is 0 Å². The fraction of sp³-hybridized carbons (Fsp3) is 0.625. The lowest BCUT2D eigenvalue weighted by molar-refractivity contribution is -0.0456. The normalized spacial score (nSPS) is 11.8. The van der Waals surface area contributed by atoms with Gasteiger partial charge in [-0.05, 0) is 22.1 Å². The molecule has 0 heterocycles. The molecule has 0 fully saturated rings. The van der Waals surface area contributed by atoms with Crippen LogP contribution in [-0.4, -0.2) is 27.8 Å². The lowest BCUT2D eigenvalue weighted by Gasteiger charge is -2.21. The molecule has 0 saturated carbocycles. The third-order valence-corrected chi connectivity index (χ3v) is 2.99. The summed E-state index contributed by atoms with van der Waals surface area (Å²) in [6, 6.07) is 6.42. The molecule has 20 heavy (non-hydrogen) atoms. The number of ether oxygens (including phenoxy) is 4. The van der Waals surface area contributed by atoms with Gasteiger partial charge in [0, 0.05) is 14.2 Å². The van der Waals surface area contributed by atoms with Crippen molar-refractivity contribution in [2.24, 2.45) is 0 Å². The molecule has 1 aromatic rings. The van der Waals surface area contributed by atoms with Gasteiger partial charge in [0.25, 0.3) is 0 Å². The van der Waals surface area contributed by atoms with Gasteiger partial charge in [-0.1, -0.05) is 39.0 Å². The molecular weight excluding hydrogens is 256 g/mol. The zero-order chi connectivity index (χ0) is 15.0. The van der Waals surface area contributed by atoms with Crippen molar-refractivity contribution in [3.05, 3.63) is 34.9 Å². The van der Waals surface area contributed by atoms with Crippen LogP contribution in [0.4, 0.5) is 0 Å². The molecule has 4 heteroatoms. The predicted octanol–water partition coefficient (Wildman–Crippen LogP) is 3.23. The minimum Gasteiger partial charge on any atom is -0.359 e. The van der Waals surface area contributed by atoms with E-state index in [0.717, 1.165) is 11.1 Å². The average Bonchev–Trinajstić information content (AvgIpc) is 2.39. The molecule has 0 N–H and O–H groups in total. The second-order valence-electron chi connectivity index (χ2n) is 5.74. The number of hydrogen-bond donors (Lipinski definition) is 0. The summed E-state index contributed by atoms with van der Waals surface area (Å²) in [7, 11) is 3.24. The lowest BCUT2D eigenvalue weighted by Crippen LogP contribution is -2.13. The molecule has 114 valence electrons. The van der Waals surface area contributed by atoms with E-state index in [1.54, 1.807) is 14.2 Å². The van der Waals surface area contributed by atoms with E-state index >= 15 is 0 Å². The maximum Gasteiger partial charge on any atom is 0.146 e. The van der Waals surface area contributed by atoms with Gasteiger partial charge in [0.1, 0.15) is 13.6 Å². The zero-order valence-electron chi connectivity index (χ0n) is 13.2. The number of rotatable bonds is 8. The molecule has 0 aromatic heterocycles. The molecule has 0 aliphatic heterocycles. The van der Waals surface area contributed by atoms with Gasteiger partial charge in [-0.3, -0.25) is 0 Å². The van der Waals surface area contributed by atoms with E-state index in [1.165, 1.54) is 5.56 Å². The lowest BCUT2D eigenvalue weighted by atomic mass is 9.85. The summed E-state index contributed by atoms with van der Waals surface area (Å²) >= 11 is 0. The zero-order valence-corrected chi connectivity index (χ0v) is 13.2. The van der Waals surface area contributed by atoms with Gasteiger partial charge >= 0.3 is 0 Å². The quantitative estimate of drug-likeness (QED) is 0.542. The van der Waals surface area contributed by atoms with Gasteiger partial charge in [0.2, 0.25) is 0 Å². The monoisotopic (exact) mass is 282 g/mol. The van der Waals surface area contributed by atoms with Gasteiger partial charge in [-0.15, -0.1) is 0 Å². The molecular formula is C16H26O4. The highest BCUT2D eigenvalue weighted by atomic mass is 16.7. The molecule has 0 atom stereocenters. The highest BCUT2D eigenvalue weighted by Crippen LogP contribution is 2.25. The van der Waals surface area contributed by atoms with Crippen LogP contribution in [0.5, 0.6) is 0 Å². The van der Waals surface area contributed by atoms with Crippen LogP contribution in [0.1, 0.15) is 37.5 Å². The summed E-state index contributed by atoms with van der Waals surface area (Å²) in [4.78, 5) is 0. The summed E-state index contributed by atoms with van der Waals surface area (Å²) in [5.41, 5.74) is 3.64. The minimum absolute atomic E-state index is 0.113. The van der Waals surface area contributed by atoms with E-state index in [9.17, 15) is 0 Å². The van der Waals surface area contributed by atoms with Crippen molar-refractivity contribution in [1.82, 2.24) is 0 Å². The van der Waals surface area contributed by atoms with Crippen molar-refractivity contribution in [3.63, 3.8) is 0 Å². The van der Waals surface area contributed by atoms with Gasteiger partial charge in [0.15, 0.2) is 0 Å². The van der Waals surface area contributed by atoms with Crippen molar-refractivity contribution in [3.8, 4) is 0 Å². The molecule has 4 nitrogen and oxygen atoms in total. The van der Waals surface area contributed by atoms with Crippen molar-refractivity contribution in [2.75, 3.05) is 27.8 Å². The Morgan fingerprint density at radius 1 is 0.850 bits per heavy atom. The Bertz CT molecular complexity index is 396. The summed E-state index contributed by atoms with van der Waals surface area (Å²) in [5.74, 6) is 0. The summed E-state index contributed by atoms with van der Waals surface area (Å²) in [6.45, 7) is 8.21. The molecule has 0 aliphatic rings. The summed E-state index contributed by atoms with van der Waals surface area (Å²) < 4.78 is 20.7. The Kier molecular flexibility index (Phi) is 7.16. The van der Waals surface area contributed by atoms with E-state index in [4.69, 9.17) is 18.9 Å². The Morgan fingerprint density at radius 2 is 1.40 bits per heavy atom. The van der Waals surface area contributed by atoms with E-state index < -0.39 is 0 Å². The predicted molar refractivity (Wildman–Crippen MR) is 78.5 cm³/mol. The Hall–Kier alpha value is -0.940. The van der Waals surface area contributed by atoms with Crippen LogP contribution >= 0.6 is 0 Å². The number of hydrogen-bond acceptors (Lipinski definition) is 4. The number of methoxy groups -OCH3 is 2. The maximum absolute atomic E-state index is 5.47. The Morgan fingerprint density at radius 3 is 1.90 bits per heavy atom. The van der Waals surface area contributed by atoms with Gasteiger partial charge in [0.05, 0.1) is 13.2 Å². The Balaban J connectivity index is 2.85.